The van der Waals surface area contributed by atoms with Gasteiger partial charge in [0.05, 0.1) is 23.3 Å². The number of ether oxygens (including phenoxy) is 1. The molecule has 3 aliphatic heterocycles. The highest BCUT2D eigenvalue weighted by Gasteiger charge is 2.39. The van der Waals surface area contributed by atoms with E-state index in [0.717, 1.165) is 81.4 Å². The number of benzene rings is 1. The molecule has 3 aliphatic rings. The van der Waals surface area contributed by atoms with Crippen LogP contribution < -0.4 is 15.9 Å². The van der Waals surface area contributed by atoms with Gasteiger partial charge in [-0.05, 0) is 56.1 Å². The van der Waals surface area contributed by atoms with Crippen LogP contribution in [-0.4, -0.2) is 64.7 Å². The van der Waals surface area contributed by atoms with E-state index in [1.807, 2.05) is 23.1 Å². The largest absolute Gasteiger partial charge is 0.449 e. The predicted molar refractivity (Wildman–Crippen MR) is 140 cm³/mol. The van der Waals surface area contributed by atoms with Crippen LogP contribution >= 0.6 is 0 Å². The zero-order chi connectivity index (χ0) is 26.2. The number of unbranched alkanes of at least 4 members (excludes halogenated alkanes) is 1. The Labute approximate surface area is 216 Å². The van der Waals surface area contributed by atoms with Gasteiger partial charge in [0, 0.05) is 39.6 Å². The summed E-state index contributed by atoms with van der Waals surface area (Å²) in [6, 6.07) is 5.17. The first-order valence-electron chi connectivity index (χ1n) is 13.5. The number of imide groups is 1. The van der Waals surface area contributed by atoms with Gasteiger partial charge in [0.25, 0.3) is 0 Å². The SMILES string of the molecule is CCCCOC(=O)N1CCC2(CC1)CCN(c1cccc3c1n(C)c(=O)n3C1CCC(=O)NC1=O)CC2. The molecule has 10 nitrogen and oxygen atoms in total. The van der Waals surface area contributed by atoms with Crippen molar-refractivity contribution < 1.29 is 19.1 Å². The first-order valence-corrected chi connectivity index (χ1v) is 13.5. The van der Waals surface area contributed by atoms with Gasteiger partial charge in [-0.15, -0.1) is 0 Å². The molecule has 3 amide bonds. The number of hydrogen-bond acceptors (Lipinski definition) is 6. The Morgan fingerprint density at radius 3 is 2.46 bits per heavy atom. The summed E-state index contributed by atoms with van der Waals surface area (Å²) in [6.45, 7) is 5.80. The van der Waals surface area contributed by atoms with E-state index in [2.05, 4.69) is 17.1 Å². The molecule has 1 unspecified atom stereocenters. The van der Waals surface area contributed by atoms with Crippen LogP contribution in [0.1, 0.15) is 64.3 Å². The number of rotatable bonds is 5. The Kier molecular flexibility index (Phi) is 7.00. The number of aromatic nitrogens is 2. The Morgan fingerprint density at radius 1 is 1.08 bits per heavy atom. The maximum atomic E-state index is 13.3. The quantitative estimate of drug-likeness (QED) is 0.489. The molecule has 1 atom stereocenters. The third kappa shape index (κ3) is 4.73. The van der Waals surface area contributed by atoms with Crippen molar-refractivity contribution in [1.29, 1.82) is 0 Å². The maximum absolute atomic E-state index is 13.3. The number of para-hydroxylation sites is 1. The zero-order valence-electron chi connectivity index (χ0n) is 21.8. The second-order valence-electron chi connectivity index (χ2n) is 10.8. The lowest BCUT2D eigenvalue weighted by atomic mass is 9.71. The number of nitrogens with zero attached hydrogens (tertiary/aromatic N) is 4. The molecule has 200 valence electrons. The number of carbonyl (C=O) groups is 3. The van der Waals surface area contributed by atoms with E-state index in [1.54, 1.807) is 16.2 Å². The number of nitrogens with one attached hydrogen (secondary N) is 1. The molecule has 1 spiro atoms. The second-order valence-corrected chi connectivity index (χ2v) is 10.8. The van der Waals surface area contributed by atoms with Crippen LogP contribution in [0.5, 0.6) is 0 Å². The molecule has 3 saturated heterocycles. The minimum absolute atomic E-state index is 0.186. The molecule has 37 heavy (non-hydrogen) atoms. The summed E-state index contributed by atoms with van der Waals surface area (Å²) in [4.78, 5) is 54.0. The molecular weight excluding hydrogens is 474 g/mol. The summed E-state index contributed by atoms with van der Waals surface area (Å²) in [7, 11) is 1.75. The molecule has 3 fully saturated rings. The van der Waals surface area contributed by atoms with E-state index >= 15 is 0 Å². The lowest BCUT2D eigenvalue weighted by Crippen LogP contribution is -2.48. The summed E-state index contributed by atoms with van der Waals surface area (Å²) in [5.41, 5.74) is 2.51. The molecule has 1 aromatic heterocycles. The summed E-state index contributed by atoms with van der Waals surface area (Å²) < 4.78 is 8.57. The van der Waals surface area contributed by atoms with Crippen LogP contribution in [0.3, 0.4) is 0 Å². The van der Waals surface area contributed by atoms with Gasteiger partial charge in [0.1, 0.15) is 6.04 Å². The van der Waals surface area contributed by atoms with Crippen molar-refractivity contribution in [3.63, 3.8) is 0 Å². The molecule has 1 aromatic carbocycles. The van der Waals surface area contributed by atoms with Crippen LogP contribution in [0.2, 0.25) is 0 Å². The highest BCUT2D eigenvalue weighted by Crippen LogP contribution is 2.43. The Balaban J connectivity index is 1.30. The number of hydrogen-bond donors (Lipinski definition) is 1. The number of fused-ring (bicyclic) bond motifs is 1. The number of amides is 3. The van der Waals surface area contributed by atoms with Crippen molar-refractivity contribution in [2.75, 3.05) is 37.7 Å². The van der Waals surface area contributed by atoms with Gasteiger partial charge < -0.3 is 14.5 Å². The fourth-order valence-electron chi connectivity index (χ4n) is 6.18. The zero-order valence-corrected chi connectivity index (χ0v) is 21.8. The van der Waals surface area contributed by atoms with E-state index in [-0.39, 0.29) is 29.5 Å². The molecule has 2 aromatic rings. The van der Waals surface area contributed by atoms with Crippen molar-refractivity contribution in [1.82, 2.24) is 19.4 Å². The maximum Gasteiger partial charge on any atom is 0.409 e. The number of imidazole rings is 1. The molecule has 0 saturated carbocycles. The van der Waals surface area contributed by atoms with Crippen molar-refractivity contribution in [3.8, 4) is 0 Å². The smallest absolute Gasteiger partial charge is 0.409 e. The van der Waals surface area contributed by atoms with Gasteiger partial charge in [0.15, 0.2) is 0 Å². The van der Waals surface area contributed by atoms with E-state index in [1.165, 1.54) is 0 Å². The van der Waals surface area contributed by atoms with Crippen molar-refractivity contribution in [2.45, 2.75) is 64.3 Å². The highest BCUT2D eigenvalue weighted by molar-refractivity contribution is 6.00. The van der Waals surface area contributed by atoms with Gasteiger partial charge in [-0.25, -0.2) is 9.59 Å². The lowest BCUT2D eigenvalue weighted by molar-refractivity contribution is -0.135. The van der Waals surface area contributed by atoms with E-state index in [0.29, 0.717) is 13.0 Å². The van der Waals surface area contributed by atoms with Crippen LogP contribution in [0.15, 0.2) is 23.0 Å². The number of carbonyl (C=O) groups excluding carboxylic acids is 3. The Bertz CT molecular complexity index is 1250. The van der Waals surface area contributed by atoms with Gasteiger partial charge in [-0.2, -0.15) is 0 Å². The van der Waals surface area contributed by atoms with E-state index < -0.39 is 11.9 Å². The predicted octanol–water partition coefficient (Wildman–Crippen LogP) is 2.94. The molecule has 1 N–H and O–H groups in total. The van der Waals surface area contributed by atoms with Gasteiger partial charge in [0.2, 0.25) is 11.8 Å². The Hall–Kier alpha value is -3.30. The standard InChI is InChI=1S/C27H37N5O5/c1-3-4-18-37-26(36)31-16-12-27(13-17-31)10-14-30(15-11-27)19-6-5-7-20-23(19)29(2)25(35)32(20)21-8-9-22(33)28-24(21)34/h5-7,21H,3-4,8-18H2,1-2H3,(H,28,33,34). The average Bonchev–Trinajstić information content (AvgIpc) is 3.15. The number of anilines is 1. The number of likely N-dealkylation sites (tertiary alicyclic amines) is 1. The summed E-state index contributed by atoms with van der Waals surface area (Å²) in [5.74, 6) is -0.714. The van der Waals surface area contributed by atoms with Crippen LogP contribution in [0.4, 0.5) is 10.5 Å². The molecule has 0 aliphatic carbocycles. The van der Waals surface area contributed by atoms with Gasteiger partial charge in [-0.1, -0.05) is 19.4 Å². The van der Waals surface area contributed by atoms with E-state index in [4.69, 9.17) is 4.74 Å². The van der Waals surface area contributed by atoms with Gasteiger partial charge in [-0.3, -0.25) is 24.0 Å². The molecule has 4 heterocycles. The Morgan fingerprint density at radius 2 is 1.78 bits per heavy atom. The van der Waals surface area contributed by atoms with Crippen molar-refractivity contribution in [3.05, 3.63) is 28.7 Å². The monoisotopic (exact) mass is 511 g/mol. The van der Waals surface area contributed by atoms with Crippen LogP contribution in [-0.2, 0) is 21.4 Å². The normalized spacial score (nSPS) is 21.9. The summed E-state index contributed by atoms with van der Waals surface area (Å²) >= 11 is 0. The van der Waals surface area contributed by atoms with E-state index in [9.17, 15) is 19.2 Å². The van der Waals surface area contributed by atoms with Crippen molar-refractivity contribution >= 4 is 34.6 Å². The third-order valence-corrected chi connectivity index (χ3v) is 8.57. The lowest BCUT2D eigenvalue weighted by Gasteiger charge is -2.47. The minimum Gasteiger partial charge on any atom is -0.449 e. The van der Waals surface area contributed by atoms with Crippen LogP contribution in [0.25, 0.3) is 11.0 Å². The average molecular weight is 512 g/mol. The second kappa shape index (κ2) is 10.2. The van der Waals surface area contributed by atoms with Crippen LogP contribution in [0, 0.1) is 5.41 Å². The first-order chi connectivity index (χ1) is 17.8. The highest BCUT2D eigenvalue weighted by atomic mass is 16.6. The van der Waals surface area contributed by atoms with Crippen molar-refractivity contribution in [2.24, 2.45) is 12.5 Å². The summed E-state index contributed by atoms with van der Waals surface area (Å²) in [5, 5.41) is 2.37. The molecule has 0 radical (unpaired) electrons. The fraction of sp³-hybridized carbons (Fsp3) is 0.630. The van der Waals surface area contributed by atoms with Gasteiger partial charge >= 0.3 is 11.8 Å². The topological polar surface area (TPSA) is 106 Å². The summed E-state index contributed by atoms with van der Waals surface area (Å²) in [6.07, 6.45) is 6.30. The minimum atomic E-state index is -0.687. The molecular formula is C27H37N5O5. The molecule has 5 rings (SSSR count). The number of piperidine rings is 3. The first kappa shape index (κ1) is 25.4. The molecule has 0 bridgehead atoms. The fourth-order valence-corrected chi connectivity index (χ4v) is 6.18. The number of aryl methyl sites for hydroxylation is 1. The molecule has 10 heteroatoms. The third-order valence-electron chi connectivity index (χ3n) is 8.57.